The molecule has 2 aromatic rings. The number of thioether (sulfide) groups is 1. The van der Waals surface area contributed by atoms with Gasteiger partial charge in [-0.25, -0.2) is 4.98 Å². The first-order valence-electron chi connectivity index (χ1n) is 4.73. The number of rotatable bonds is 5. The van der Waals surface area contributed by atoms with Crippen molar-refractivity contribution >= 4 is 29.0 Å². The Morgan fingerprint density at radius 2 is 2.25 bits per heavy atom. The summed E-state index contributed by atoms with van der Waals surface area (Å²) in [6.45, 7) is 0.610. The zero-order chi connectivity index (χ0) is 11.2. The van der Waals surface area contributed by atoms with Gasteiger partial charge in [-0.05, 0) is 23.7 Å². The fraction of sp³-hybridized carbons (Fsp3) is 0.200. The molecule has 0 aliphatic carbocycles. The lowest BCUT2D eigenvalue weighted by Crippen LogP contribution is -2.02. The third-order valence-corrected chi connectivity index (χ3v) is 3.59. The molecule has 0 aliphatic heterocycles. The summed E-state index contributed by atoms with van der Waals surface area (Å²) in [6, 6.07) is 7.49. The summed E-state index contributed by atoms with van der Waals surface area (Å²) in [6.07, 6.45) is 1.56. The number of ether oxygens (including phenoxy) is 1. The smallest absolute Gasteiger partial charge is 0.169 e. The molecule has 0 radical (unpaired) electrons. The van der Waals surface area contributed by atoms with Crippen LogP contribution in [0.1, 0.15) is 0 Å². The summed E-state index contributed by atoms with van der Waals surface area (Å²) in [5, 5.41) is 0. The molecular formula is C10H11N3OS2. The average molecular weight is 253 g/mol. The van der Waals surface area contributed by atoms with Crippen molar-refractivity contribution in [2.45, 2.75) is 4.34 Å². The van der Waals surface area contributed by atoms with Gasteiger partial charge in [0.25, 0.3) is 0 Å². The Labute approximate surface area is 102 Å². The normalized spacial score (nSPS) is 10.2. The molecule has 0 saturated heterocycles. The zero-order valence-corrected chi connectivity index (χ0v) is 10.1. The average Bonchev–Trinajstić information content (AvgIpc) is 2.79. The molecule has 1 aromatic carbocycles. The van der Waals surface area contributed by atoms with Gasteiger partial charge in [0, 0.05) is 5.75 Å². The van der Waals surface area contributed by atoms with E-state index in [0.717, 1.165) is 15.8 Å². The summed E-state index contributed by atoms with van der Waals surface area (Å²) < 4.78 is 10.4. The quantitative estimate of drug-likeness (QED) is 0.503. The number of anilines is 1. The second-order valence-electron chi connectivity index (χ2n) is 2.94. The maximum atomic E-state index is 5.75. The Balaban J connectivity index is 1.74. The summed E-state index contributed by atoms with van der Waals surface area (Å²) in [5.74, 6) is 1.57. The molecule has 0 amide bonds. The van der Waals surface area contributed by atoms with Crippen LogP contribution in [0.3, 0.4) is 0 Å². The first-order valence-corrected chi connectivity index (χ1v) is 6.49. The molecule has 2 N–H and O–H groups in total. The van der Waals surface area contributed by atoms with Crippen LogP contribution < -0.4 is 10.5 Å². The number of para-hydroxylation sites is 2. The van der Waals surface area contributed by atoms with Crippen LogP contribution in [0.4, 0.5) is 5.69 Å². The number of nitrogens with two attached hydrogens (primary N) is 1. The van der Waals surface area contributed by atoms with E-state index in [1.807, 2.05) is 24.3 Å². The van der Waals surface area contributed by atoms with E-state index < -0.39 is 0 Å². The van der Waals surface area contributed by atoms with Crippen LogP contribution in [0.25, 0.3) is 0 Å². The van der Waals surface area contributed by atoms with Crippen molar-refractivity contribution in [1.82, 2.24) is 9.36 Å². The molecule has 0 saturated carbocycles. The number of aromatic nitrogens is 2. The molecule has 1 aromatic heterocycles. The van der Waals surface area contributed by atoms with E-state index in [0.29, 0.717) is 12.3 Å². The van der Waals surface area contributed by atoms with Crippen LogP contribution in [0, 0.1) is 0 Å². The van der Waals surface area contributed by atoms with Crippen molar-refractivity contribution in [3.05, 3.63) is 30.6 Å². The highest BCUT2D eigenvalue weighted by atomic mass is 32.2. The Hall–Kier alpha value is -1.27. The van der Waals surface area contributed by atoms with E-state index in [2.05, 4.69) is 9.36 Å². The molecule has 16 heavy (non-hydrogen) atoms. The van der Waals surface area contributed by atoms with E-state index in [9.17, 15) is 0 Å². The second-order valence-corrected chi connectivity index (χ2v) is 5.06. The minimum Gasteiger partial charge on any atom is -0.491 e. The summed E-state index contributed by atoms with van der Waals surface area (Å²) >= 11 is 3.03. The largest absolute Gasteiger partial charge is 0.491 e. The summed E-state index contributed by atoms with van der Waals surface area (Å²) in [5.41, 5.74) is 6.42. The first kappa shape index (κ1) is 11.2. The monoisotopic (exact) mass is 253 g/mol. The molecular weight excluding hydrogens is 242 g/mol. The lowest BCUT2D eigenvalue weighted by molar-refractivity contribution is 0.346. The molecule has 6 heteroatoms. The standard InChI is InChI=1S/C10H11N3OS2/c11-8-3-1-2-4-9(8)14-5-6-15-10-12-7-13-16-10/h1-4,7H,5-6,11H2. The fourth-order valence-electron chi connectivity index (χ4n) is 1.12. The molecule has 0 spiro atoms. The molecule has 0 bridgehead atoms. The van der Waals surface area contributed by atoms with E-state index in [1.165, 1.54) is 11.5 Å². The van der Waals surface area contributed by atoms with Crippen LogP contribution in [0.15, 0.2) is 34.9 Å². The predicted octanol–water partition coefficient (Wildman–Crippen LogP) is 2.29. The van der Waals surface area contributed by atoms with Crippen LogP contribution in [0.5, 0.6) is 5.75 Å². The van der Waals surface area contributed by atoms with Gasteiger partial charge in [-0.2, -0.15) is 4.37 Å². The Bertz CT molecular complexity index is 433. The van der Waals surface area contributed by atoms with Gasteiger partial charge in [-0.3, -0.25) is 0 Å². The van der Waals surface area contributed by atoms with E-state index in [4.69, 9.17) is 10.5 Å². The second kappa shape index (κ2) is 5.72. The third-order valence-electron chi connectivity index (χ3n) is 1.83. The lowest BCUT2D eigenvalue weighted by Gasteiger charge is -2.07. The number of benzene rings is 1. The molecule has 0 fully saturated rings. The topological polar surface area (TPSA) is 61.0 Å². The van der Waals surface area contributed by atoms with Crippen molar-refractivity contribution in [3.8, 4) is 5.75 Å². The van der Waals surface area contributed by atoms with Gasteiger partial charge in [0.2, 0.25) is 0 Å². The van der Waals surface area contributed by atoms with Crippen LogP contribution in [-0.2, 0) is 0 Å². The Morgan fingerprint density at radius 1 is 1.38 bits per heavy atom. The molecule has 1 heterocycles. The lowest BCUT2D eigenvalue weighted by atomic mass is 10.3. The van der Waals surface area contributed by atoms with Gasteiger partial charge in [0.05, 0.1) is 12.3 Å². The SMILES string of the molecule is Nc1ccccc1OCCSc1ncns1. The first-order chi connectivity index (χ1) is 7.86. The highest BCUT2D eigenvalue weighted by Gasteiger charge is 2.00. The van der Waals surface area contributed by atoms with E-state index in [1.54, 1.807) is 18.1 Å². The fourth-order valence-corrected chi connectivity index (χ4v) is 2.45. The van der Waals surface area contributed by atoms with Crippen LogP contribution in [-0.4, -0.2) is 21.7 Å². The van der Waals surface area contributed by atoms with Crippen molar-refractivity contribution in [3.63, 3.8) is 0 Å². The number of hydrogen-bond acceptors (Lipinski definition) is 6. The zero-order valence-electron chi connectivity index (χ0n) is 8.50. The minimum atomic E-state index is 0.610. The van der Waals surface area contributed by atoms with Gasteiger partial charge < -0.3 is 10.5 Å². The van der Waals surface area contributed by atoms with Crippen molar-refractivity contribution in [1.29, 1.82) is 0 Å². The van der Waals surface area contributed by atoms with E-state index in [-0.39, 0.29) is 0 Å². The molecule has 0 unspecified atom stereocenters. The van der Waals surface area contributed by atoms with Gasteiger partial charge >= 0.3 is 0 Å². The number of nitrogens with zero attached hydrogens (tertiary/aromatic N) is 2. The van der Waals surface area contributed by atoms with Crippen molar-refractivity contribution in [2.24, 2.45) is 0 Å². The summed E-state index contributed by atoms with van der Waals surface area (Å²) in [4.78, 5) is 4.07. The van der Waals surface area contributed by atoms with Crippen molar-refractivity contribution < 1.29 is 4.74 Å². The molecule has 2 rings (SSSR count). The van der Waals surface area contributed by atoms with Crippen molar-refractivity contribution in [2.75, 3.05) is 18.1 Å². The van der Waals surface area contributed by atoms with Gasteiger partial charge in [0.15, 0.2) is 4.34 Å². The van der Waals surface area contributed by atoms with Gasteiger partial charge in [-0.1, -0.05) is 23.9 Å². The van der Waals surface area contributed by atoms with Gasteiger partial charge in [0.1, 0.15) is 12.1 Å². The third kappa shape index (κ3) is 3.11. The number of nitrogen functional groups attached to an aromatic ring is 1. The molecule has 84 valence electrons. The minimum absolute atomic E-state index is 0.610. The summed E-state index contributed by atoms with van der Waals surface area (Å²) in [7, 11) is 0. The molecule has 4 nitrogen and oxygen atoms in total. The number of hydrogen-bond donors (Lipinski definition) is 1. The Morgan fingerprint density at radius 3 is 3.00 bits per heavy atom. The van der Waals surface area contributed by atoms with Crippen LogP contribution in [0.2, 0.25) is 0 Å². The highest BCUT2D eigenvalue weighted by Crippen LogP contribution is 2.21. The molecule has 0 aliphatic rings. The van der Waals surface area contributed by atoms with Gasteiger partial charge in [-0.15, -0.1) is 0 Å². The predicted molar refractivity (Wildman–Crippen MR) is 67.0 cm³/mol. The maximum Gasteiger partial charge on any atom is 0.169 e. The molecule has 0 atom stereocenters. The Kier molecular flexibility index (Phi) is 4.01. The van der Waals surface area contributed by atoms with E-state index >= 15 is 0 Å². The van der Waals surface area contributed by atoms with Crippen LogP contribution >= 0.6 is 23.3 Å². The maximum absolute atomic E-state index is 5.75. The highest BCUT2D eigenvalue weighted by molar-refractivity contribution is 8.00.